The molecule has 0 heterocycles. The van der Waals surface area contributed by atoms with Gasteiger partial charge in [-0.15, -0.1) is 0 Å². The van der Waals surface area contributed by atoms with Gasteiger partial charge in [-0.1, -0.05) is 12.1 Å². The highest BCUT2D eigenvalue weighted by atomic mass is 19.4. The Bertz CT molecular complexity index is 781. The Morgan fingerprint density at radius 2 is 1.52 bits per heavy atom. The van der Waals surface area contributed by atoms with Gasteiger partial charge in [0, 0.05) is 11.1 Å². The molecule has 1 aromatic rings. The fraction of sp³-hybridized carbons (Fsp3) is 0.500. The van der Waals surface area contributed by atoms with Gasteiger partial charge in [0.2, 0.25) is 0 Å². The van der Waals surface area contributed by atoms with E-state index >= 15 is 0 Å². The Balaban J connectivity index is 2.50. The molecule has 2 rings (SSSR count). The number of rotatable bonds is 4. The summed E-state index contributed by atoms with van der Waals surface area (Å²) in [5.41, 5.74) is -0.605. The van der Waals surface area contributed by atoms with Crippen LogP contribution in [0.15, 0.2) is 18.2 Å². The highest BCUT2D eigenvalue weighted by Crippen LogP contribution is 2.56. The van der Waals surface area contributed by atoms with Crippen molar-refractivity contribution in [3.8, 4) is 0 Å². The molecule has 0 aromatic heterocycles. The third-order valence-electron chi connectivity index (χ3n) is 4.41. The minimum atomic E-state index is -7.05. The molecular weight excluding hydrogens is 395 g/mol. The first kappa shape index (κ1) is 21.2. The SMILES string of the molecule is CC(=O)c1ccc2c(c1)C(=O)C(C(F)(F)C(F)(F)C(F)(F)C(F)(F)F)CC2. The molecule has 1 aliphatic carbocycles. The van der Waals surface area contributed by atoms with Crippen LogP contribution < -0.4 is 0 Å². The molecule has 1 aliphatic rings. The number of carbonyl (C=O) groups excluding carboxylic acids is 2. The van der Waals surface area contributed by atoms with Crippen molar-refractivity contribution in [2.45, 2.75) is 43.7 Å². The lowest BCUT2D eigenvalue weighted by atomic mass is 9.76. The molecule has 0 amide bonds. The van der Waals surface area contributed by atoms with E-state index in [-0.39, 0.29) is 11.1 Å². The highest BCUT2D eigenvalue weighted by Gasteiger charge is 2.83. The molecule has 11 heteroatoms. The molecule has 2 nitrogen and oxygen atoms in total. The van der Waals surface area contributed by atoms with Gasteiger partial charge in [-0.05, 0) is 31.4 Å². The second-order valence-electron chi connectivity index (χ2n) is 6.15. The number of carbonyl (C=O) groups is 2. The van der Waals surface area contributed by atoms with Gasteiger partial charge < -0.3 is 0 Å². The molecular formula is C16H11F9O2. The minimum Gasteiger partial charge on any atom is -0.295 e. The van der Waals surface area contributed by atoms with Crippen molar-refractivity contribution in [3.05, 3.63) is 34.9 Å². The number of Topliss-reactive ketones (excluding diaryl/α,β-unsaturated/α-hetero) is 2. The van der Waals surface area contributed by atoms with E-state index in [0.29, 0.717) is 0 Å². The summed E-state index contributed by atoms with van der Waals surface area (Å²) < 4.78 is 118. The van der Waals surface area contributed by atoms with Crippen LogP contribution in [0.2, 0.25) is 0 Å². The van der Waals surface area contributed by atoms with Crippen molar-refractivity contribution in [1.29, 1.82) is 0 Å². The van der Waals surface area contributed by atoms with Gasteiger partial charge in [0.25, 0.3) is 0 Å². The first-order valence-electron chi connectivity index (χ1n) is 7.44. The van der Waals surface area contributed by atoms with Gasteiger partial charge in [0.05, 0.1) is 5.92 Å². The van der Waals surface area contributed by atoms with Crippen LogP contribution in [0.25, 0.3) is 0 Å². The molecule has 0 aliphatic heterocycles. The van der Waals surface area contributed by atoms with Crippen molar-refractivity contribution in [2.24, 2.45) is 5.92 Å². The van der Waals surface area contributed by atoms with E-state index in [1.54, 1.807) is 0 Å². The van der Waals surface area contributed by atoms with E-state index in [2.05, 4.69) is 0 Å². The average Bonchev–Trinajstić information content (AvgIpc) is 2.53. The summed E-state index contributed by atoms with van der Waals surface area (Å²) in [7, 11) is 0. The smallest absolute Gasteiger partial charge is 0.295 e. The van der Waals surface area contributed by atoms with Crippen molar-refractivity contribution in [1.82, 2.24) is 0 Å². The van der Waals surface area contributed by atoms with Gasteiger partial charge in [0.1, 0.15) is 0 Å². The van der Waals surface area contributed by atoms with E-state index in [1.807, 2.05) is 0 Å². The fourth-order valence-corrected chi connectivity index (χ4v) is 2.81. The number of aryl methyl sites for hydroxylation is 1. The Labute approximate surface area is 146 Å². The van der Waals surface area contributed by atoms with Crippen molar-refractivity contribution >= 4 is 11.6 Å². The second-order valence-corrected chi connectivity index (χ2v) is 6.15. The van der Waals surface area contributed by atoms with Gasteiger partial charge in [-0.3, -0.25) is 9.59 Å². The number of alkyl halides is 9. The number of hydrogen-bond acceptors (Lipinski definition) is 2. The molecule has 0 bridgehead atoms. The van der Waals surface area contributed by atoms with Crippen LogP contribution >= 0.6 is 0 Å². The normalized spacial score (nSPS) is 19.0. The Morgan fingerprint density at radius 1 is 0.963 bits per heavy atom. The Morgan fingerprint density at radius 3 is 2.00 bits per heavy atom. The summed E-state index contributed by atoms with van der Waals surface area (Å²) in [5.74, 6) is -25.3. The van der Waals surface area contributed by atoms with E-state index < -0.39 is 59.8 Å². The van der Waals surface area contributed by atoms with Crippen LogP contribution in [0, 0.1) is 5.92 Å². The summed E-state index contributed by atoms with van der Waals surface area (Å²) in [6.45, 7) is 1.07. The second kappa shape index (κ2) is 6.23. The molecule has 1 unspecified atom stereocenters. The largest absolute Gasteiger partial charge is 0.460 e. The van der Waals surface area contributed by atoms with Crippen molar-refractivity contribution in [3.63, 3.8) is 0 Å². The number of ketones is 2. The van der Waals surface area contributed by atoms with Crippen LogP contribution in [-0.4, -0.2) is 35.5 Å². The van der Waals surface area contributed by atoms with Crippen LogP contribution in [0.3, 0.4) is 0 Å². The zero-order valence-electron chi connectivity index (χ0n) is 13.4. The third-order valence-corrected chi connectivity index (χ3v) is 4.41. The summed E-state index contributed by atoms with van der Waals surface area (Å²) in [6.07, 6.45) is -8.44. The van der Waals surface area contributed by atoms with E-state index in [9.17, 15) is 49.1 Å². The molecule has 150 valence electrons. The first-order valence-corrected chi connectivity index (χ1v) is 7.44. The van der Waals surface area contributed by atoms with Crippen LogP contribution in [0.4, 0.5) is 39.5 Å². The molecule has 0 fully saturated rings. The molecule has 27 heavy (non-hydrogen) atoms. The van der Waals surface area contributed by atoms with Gasteiger partial charge >= 0.3 is 23.9 Å². The highest BCUT2D eigenvalue weighted by molar-refractivity contribution is 6.03. The van der Waals surface area contributed by atoms with Crippen molar-refractivity contribution in [2.75, 3.05) is 0 Å². The van der Waals surface area contributed by atoms with Crippen LogP contribution in [0.5, 0.6) is 0 Å². The van der Waals surface area contributed by atoms with Crippen molar-refractivity contribution < 1.29 is 49.1 Å². The standard InChI is InChI=1S/C16H11F9O2/c1-7(26)9-3-2-8-4-5-11(12(27)10(8)6-9)13(17,18)14(19,20)15(21,22)16(23,24)25/h2-3,6,11H,4-5H2,1H3. The lowest BCUT2D eigenvalue weighted by Crippen LogP contribution is -2.64. The maximum Gasteiger partial charge on any atom is 0.460 e. The molecule has 0 spiro atoms. The zero-order chi connectivity index (χ0) is 21.0. The molecule has 0 saturated heterocycles. The van der Waals surface area contributed by atoms with Crippen LogP contribution in [0.1, 0.15) is 39.6 Å². The number of benzene rings is 1. The Kier molecular flexibility index (Phi) is 4.90. The predicted octanol–water partition coefficient (Wildman–Crippen LogP) is 5.10. The van der Waals surface area contributed by atoms with Gasteiger partial charge in [-0.2, -0.15) is 39.5 Å². The van der Waals surface area contributed by atoms with Gasteiger partial charge in [-0.25, -0.2) is 0 Å². The molecule has 0 saturated carbocycles. The van der Waals surface area contributed by atoms with E-state index in [1.165, 1.54) is 12.1 Å². The maximum absolute atomic E-state index is 14.1. The fourth-order valence-electron chi connectivity index (χ4n) is 2.81. The monoisotopic (exact) mass is 406 g/mol. The maximum atomic E-state index is 14.1. The topological polar surface area (TPSA) is 34.1 Å². The molecule has 1 atom stereocenters. The zero-order valence-corrected chi connectivity index (χ0v) is 13.4. The summed E-state index contributed by atoms with van der Waals surface area (Å²) >= 11 is 0. The summed E-state index contributed by atoms with van der Waals surface area (Å²) in [6, 6.07) is 3.29. The number of halogens is 9. The first-order chi connectivity index (χ1) is 12.1. The summed E-state index contributed by atoms with van der Waals surface area (Å²) in [5, 5.41) is 0. The Hall–Kier alpha value is -2.07. The van der Waals surface area contributed by atoms with Crippen LogP contribution in [-0.2, 0) is 6.42 Å². The van der Waals surface area contributed by atoms with E-state index in [0.717, 1.165) is 13.0 Å². The quantitative estimate of drug-likeness (QED) is 0.515. The van der Waals surface area contributed by atoms with Gasteiger partial charge in [0.15, 0.2) is 11.6 Å². The predicted molar refractivity (Wildman–Crippen MR) is 73.5 cm³/mol. The number of hydrogen-bond donors (Lipinski definition) is 0. The summed E-state index contributed by atoms with van der Waals surface area (Å²) in [4.78, 5) is 23.5. The molecule has 1 aromatic carbocycles. The lowest BCUT2D eigenvalue weighted by Gasteiger charge is -2.38. The van der Waals surface area contributed by atoms with E-state index in [4.69, 9.17) is 0 Å². The molecule has 0 N–H and O–H groups in total. The lowest BCUT2D eigenvalue weighted by molar-refractivity contribution is -0.400. The molecule has 0 radical (unpaired) electrons. The minimum absolute atomic E-state index is 0.1000. The third kappa shape index (κ3) is 3.10. The average molecular weight is 406 g/mol. The number of fused-ring (bicyclic) bond motifs is 1.